The zero-order chi connectivity index (χ0) is 29.4. The molecule has 0 saturated carbocycles. The molecular formula is C33H29N5O2S2. The lowest BCUT2D eigenvalue weighted by Gasteiger charge is -2.28. The highest BCUT2D eigenvalue weighted by Crippen LogP contribution is 2.44. The second-order valence-electron chi connectivity index (χ2n) is 10.3. The standard InChI is InChI=1S/C33H29N5O2S2/c1-21-7-9-24(10-8-21)36-22(2)20-29(23(36)3)32-31(30-6-4-5-19-34-30)35-33(41)37(32)25-11-15-27(16-12-25)42-28-17-13-26(14-18-28)38(39)40/h4-20,31-32H,1-3H3,(H,35,41)/t31-,32-/m1/s1. The number of hydrogen-bond acceptors (Lipinski definition) is 5. The van der Waals surface area contributed by atoms with Crippen LogP contribution in [-0.4, -0.2) is 19.6 Å². The summed E-state index contributed by atoms with van der Waals surface area (Å²) in [6.07, 6.45) is 1.82. The first kappa shape index (κ1) is 27.7. The number of aryl methyl sites for hydroxylation is 2. The molecule has 1 N–H and O–H groups in total. The molecule has 0 bridgehead atoms. The second-order valence-corrected chi connectivity index (χ2v) is 11.9. The summed E-state index contributed by atoms with van der Waals surface area (Å²) in [6, 6.07) is 31.4. The molecule has 0 unspecified atom stereocenters. The van der Waals surface area contributed by atoms with Crippen LogP contribution in [0.4, 0.5) is 11.4 Å². The number of nitrogens with one attached hydrogen (secondary N) is 1. The largest absolute Gasteiger partial charge is 0.351 e. The minimum absolute atomic E-state index is 0.0833. The van der Waals surface area contributed by atoms with Gasteiger partial charge in [-0.05, 0) is 105 Å². The van der Waals surface area contributed by atoms with E-state index >= 15 is 0 Å². The molecular weight excluding hydrogens is 563 g/mol. The number of hydrogen-bond donors (Lipinski definition) is 1. The maximum absolute atomic E-state index is 11.0. The summed E-state index contributed by atoms with van der Waals surface area (Å²) in [7, 11) is 0. The molecule has 0 aliphatic carbocycles. The number of nitro benzene ring substituents is 1. The van der Waals surface area contributed by atoms with Crippen LogP contribution in [-0.2, 0) is 0 Å². The van der Waals surface area contributed by atoms with Gasteiger partial charge >= 0.3 is 0 Å². The second kappa shape index (κ2) is 11.4. The van der Waals surface area contributed by atoms with Crippen molar-refractivity contribution in [2.45, 2.75) is 42.6 Å². The van der Waals surface area contributed by atoms with E-state index in [0.29, 0.717) is 5.11 Å². The molecule has 0 radical (unpaired) electrons. The first-order valence-electron chi connectivity index (χ1n) is 13.6. The fraction of sp³-hybridized carbons (Fsp3) is 0.152. The van der Waals surface area contributed by atoms with Crippen molar-refractivity contribution in [3.63, 3.8) is 0 Å². The van der Waals surface area contributed by atoms with E-state index in [1.54, 1.807) is 23.9 Å². The minimum atomic E-state index is -0.386. The fourth-order valence-corrected chi connectivity index (χ4v) is 6.74. The van der Waals surface area contributed by atoms with Crippen LogP contribution in [0, 0.1) is 30.9 Å². The van der Waals surface area contributed by atoms with Gasteiger partial charge in [-0.1, -0.05) is 35.5 Å². The van der Waals surface area contributed by atoms with E-state index < -0.39 is 0 Å². The molecule has 3 aromatic carbocycles. The van der Waals surface area contributed by atoms with E-state index in [-0.39, 0.29) is 22.7 Å². The highest BCUT2D eigenvalue weighted by molar-refractivity contribution is 7.99. The predicted octanol–water partition coefficient (Wildman–Crippen LogP) is 8.03. The Balaban J connectivity index is 1.37. The van der Waals surface area contributed by atoms with Crippen LogP contribution in [0.25, 0.3) is 5.69 Å². The number of nitrogens with zero attached hydrogens (tertiary/aromatic N) is 4. The average Bonchev–Trinajstić information content (AvgIpc) is 3.49. The van der Waals surface area contributed by atoms with Crippen molar-refractivity contribution in [3.05, 3.63) is 142 Å². The Morgan fingerprint density at radius 2 is 1.52 bits per heavy atom. The molecule has 9 heteroatoms. The molecule has 5 aromatic rings. The van der Waals surface area contributed by atoms with Gasteiger partial charge in [-0.3, -0.25) is 15.1 Å². The molecule has 1 saturated heterocycles. The summed E-state index contributed by atoms with van der Waals surface area (Å²) in [4.78, 5) is 19.5. The van der Waals surface area contributed by atoms with Crippen molar-refractivity contribution >= 4 is 40.5 Å². The van der Waals surface area contributed by atoms with Gasteiger partial charge in [0.05, 0.1) is 22.7 Å². The molecule has 2 atom stereocenters. The SMILES string of the molecule is Cc1ccc(-n2c(C)cc([C@@H]3[C@@H](c4ccccn4)NC(=S)N3c3ccc(Sc4ccc([N+](=O)[O-])cc4)cc3)c2C)cc1. The van der Waals surface area contributed by atoms with Gasteiger partial charge in [-0.2, -0.15) is 0 Å². The van der Waals surface area contributed by atoms with E-state index in [1.807, 2.05) is 24.4 Å². The smallest absolute Gasteiger partial charge is 0.269 e. The van der Waals surface area contributed by atoms with Gasteiger partial charge in [-0.15, -0.1) is 0 Å². The quantitative estimate of drug-likeness (QED) is 0.117. The molecule has 7 nitrogen and oxygen atoms in total. The number of pyridine rings is 1. The Kier molecular flexibility index (Phi) is 7.53. The summed E-state index contributed by atoms with van der Waals surface area (Å²) in [5, 5.41) is 15.2. The maximum Gasteiger partial charge on any atom is 0.269 e. The van der Waals surface area contributed by atoms with Gasteiger partial charge in [0.25, 0.3) is 5.69 Å². The number of non-ortho nitro benzene ring substituents is 1. The number of anilines is 1. The van der Waals surface area contributed by atoms with Crippen molar-refractivity contribution in [2.75, 3.05) is 4.90 Å². The molecule has 2 aromatic heterocycles. The van der Waals surface area contributed by atoms with Gasteiger partial charge in [0.15, 0.2) is 5.11 Å². The normalized spacial score (nSPS) is 16.5. The average molecular weight is 592 g/mol. The van der Waals surface area contributed by atoms with Crippen molar-refractivity contribution in [3.8, 4) is 5.69 Å². The molecule has 0 amide bonds. The van der Waals surface area contributed by atoms with E-state index in [9.17, 15) is 10.1 Å². The van der Waals surface area contributed by atoms with Crippen LogP contribution >= 0.6 is 24.0 Å². The lowest BCUT2D eigenvalue weighted by molar-refractivity contribution is -0.384. The summed E-state index contributed by atoms with van der Waals surface area (Å²) in [5.41, 5.74) is 7.83. The van der Waals surface area contributed by atoms with E-state index in [4.69, 9.17) is 17.2 Å². The number of benzene rings is 3. The highest BCUT2D eigenvalue weighted by atomic mass is 32.2. The number of rotatable bonds is 7. The monoisotopic (exact) mass is 591 g/mol. The van der Waals surface area contributed by atoms with Crippen LogP contribution in [0.5, 0.6) is 0 Å². The zero-order valence-corrected chi connectivity index (χ0v) is 25.0. The molecule has 1 aliphatic rings. The molecule has 1 aliphatic heterocycles. The van der Waals surface area contributed by atoms with Crippen LogP contribution < -0.4 is 10.2 Å². The predicted molar refractivity (Wildman–Crippen MR) is 172 cm³/mol. The lowest BCUT2D eigenvalue weighted by Crippen LogP contribution is -2.29. The Labute approximate surface area is 254 Å². The molecule has 210 valence electrons. The number of nitro groups is 1. The molecule has 42 heavy (non-hydrogen) atoms. The van der Waals surface area contributed by atoms with Gasteiger partial charge in [-0.25, -0.2) is 0 Å². The van der Waals surface area contributed by atoms with Crippen LogP contribution in [0.2, 0.25) is 0 Å². The zero-order valence-electron chi connectivity index (χ0n) is 23.4. The summed E-state index contributed by atoms with van der Waals surface area (Å²) < 4.78 is 2.30. The van der Waals surface area contributed by atoms with Gasteiger partial charge in [0.2, 0.25) is 0 Å². The van der Waals surface area contributed by atoms with Crippen molar-refractivity contribution in [1.82, 2.24) is 14.9 Å². The maximum atomic E-state index is 11.0. The van der Waals surface area contributed by atoms with Gasteiger partial charge in [0, 0.05) is 50.9 Å². The van der Waals surface area contributed by atoms with E-state index in [0.717, 1.165) is 38.2 Å². The Hall–Kier alpha value is -4.47. The third kappa shape index (κ3) is 5.29. The Morgan fingerprint density at radius 3 is 2.14 bits per heavy atom. The first-order valence-corrected chi connectivity index (χ1v) is 14.8. The molecule has 3 heterocycles. The summed E-state index contributed by atoms with van der Waals surface area (Å²) in [6.45, 7) is 6.41. The van der Waals surface area contributed by atoms with Gasteiger partial charge in [0.1, 0.15) is 0 Å². The summed E-state index contributed by atoms with van der Waals surface area (Å²) >= 11 is 7.52. The van der Waals surface area contributed by atoms with Crippen LogP contribution in [0.15, 0.2) is 113 Å². The van der Waals surface area contributed by atoms with E-state index in [1.165, 1.54) is 23.3 Å². The third-order valence-electron chi connectivity index (χ3n) is 7.58. The van der Waals surface area contributed by atoms with Crippen LogP contribution in [0.1, 0.15) is 40.3 Å². The number of aromatic nitrogens is 2. The topological polar surface area (TPSA) is 76.2 Å². The molecule has 1 fully saturated rings. The molecule has 6 rings (SSSR count). The summed E-state index contributed by atoms with van der Waals surface area (Å²) in [5.74, 6) is 0. The highest BCUT2D eigenvalue weighted by Gasteiger charge is 2.42. The van der Waals surface area contributed by atoms with Crippen molar-refractivity contribution in [1.29, 1.82) is 0 Å². The Morgan fingerprint density at radius 1 is 0.881 bits per heavy atom. The van der Waals surface area contributed by atoms with E-state index in [2.05, 4.69) is 90.2 Å². The minimum Gasteiger partial charge on any atom is -0.351 e. The lowest BCUT2D eigenvalue weighted by atomic mass is 9.96. The number of thiocarbonyl (C=S) groups is 1. The van der Waals surface area contributed by atoms with Crippen LogP contribution in [0.3, 0.4) is 0 Å². The van der Waals surface area contributed by atoms with Gasteiger partial charge < -0.3 is 14.8 Å². The van der Waals surface area contributed by atoms with Crippen molar-refractivity contribution < 1.29 is 4.92 Å². The Bertz CT molecular complexity index is 1750. The fourth-order valence-electron chi connectivity index (χ4n) is 5.57. The molecule has 0 spiro atoms. The third-order valence-corrected chi connectivity index (χ3v) is 8.91. The first-order chi connectivity index (χ1) is 20.3. The van der Waals surface area contributed by atoms with Crippen molar-refractivity contribution in [2.24, 2.45) is 0 Å².